The molecule has 0 radical (unpaired) electrons. The lowest BCUT2D eigenvalue weighted by Gasteiger charge is -2.33. The van der Waals surface area contributed by atoms with Crippen LogP contribution in [0.25, 0.3) is 11.3 Å². The minimum absolute atomic E-state index is 0.106. The van der Waals surface area contributed by atoms with E-state index in [4.69, 9.17) is 5.26 Å². The van der Waals surface area contributed by atoms with Crippen LogP contribution in [0.4, 0.5) is 17.3 Å². The van der Waals surface area contributed by atoms with Gasteiger partial charge in [-0.3, -0.25) is 14.4 Å². The first kappa shape index (κ1) is 27.1. The first-order chi connectivity index (χ1) is 18.9. The second kappa shape index (κ2) is 12.5. The molecule has 1 aliphatic rings. The Morgan fingerprint density at radius 3 is 2.41 bits per heavy atom. The zero-order valence-electron chi connectivity index (χ0n) is 21.8. The van der Waals surface area contributed by atoms with Gasteiger partial charge < -0.3 is 20.3 Å². The normalized spacial score (nSPS) is 13.2. The SMILES string of the molecule is COC(=O)CNC(=O)C1CCN(c2ccc(Nc3nccc(-c4ccc(C(=O)N(C)C#N)cc4)n3)cc2)CC1. The van der Waals surface area contributed by atoms with Gasteiger partial charge in [0.15, 0.2) is 6.19 Å². The number of hydrogen-bond donors (Lipinski definition) is 2. The third-order valence-corrected chi connectivity index (χ3v) is 6.53. The number of amides is 2. The predicted octanol–water partition coefficient (Wildman–Crippen LogP) is 2.95. The second-order valence-electron chi connectivity index (χ2n) is 9.03. The van der Waals surface area contributed by atoms with Crippen molar-refractivity contribution >= 4 is 35.1 Å². The molecule has 200 valence electrons. The first-order valence-corrected chi connectivity index (χ1v) is 12.5. The van der Waals surface area contributed by atoms with E-state index in [0.29, 0.717) is 30.0 Å². The van der Waals surface area contributed by atoms with Gasteiger partial charge in [-0.25, -0.2) is 14.9 Å². The van der Waals surface area contributed by atoms with Crippen molar-refractivity contribution < 1.29 is 19.1 Å². The third-order valence-electron chi connectivity index (χ3n) is 6.53. The fourth-order valence-corrected chi connectivity index (χ4v) is 4.26. The molecule has 11 nitrogen and oxygen atoms in total. The Balaban J connectivity index is 1.33. The summed E-state index contributed by atoms with van der Waals surface area (Å²) in [7, 11) is 2.72. The molecule has 0 unspecified atom stereocenters. The highest BCUT2D eigenvalue weighted by molar-refractivity contribution is 5.95. The summed E-state index contributed by atoms with van der Waals surface area (Å²) in [5, 5.41) is 14.8. The van der Waals surface area contributed by atoms with Crippen molar-refractivity contribution in [3.05, 3.63) is 66.4 Å². The van der Waals surface area contributed by atoms with Gasteiger partial charge in [0.05, 0.1) is 12.8 Å². The number of nitrogens with one attached hydrogen (secondary N) is 2. The quantitative estimate of drug-likeness (QED) is 0.257. The summed E-state index contributed by atoms with van der Waals surface area (Å²) >= 11 is 0. The van der Waals surface area contributed by atoms with E-state index >= 15 is 0 Å². The molecule has 2 aromatic carbocycles. The molecule has 39 heavy (non-hydrogen) atoms. The van der Waals surface area contributed by atoms with E-state index in [1.165, 1.54) is 14.2 Å². The first-order valence-electron chi connectivity index (χ1n) is 12.5. The molecule has 4 rings (SSSR count). The summed E-state index contributed by atoms with van der Waals surface area (Å²) in [6.45, 7) is 1.38. The molecular weight excluding hydrogens is 498 g/mol. The van der Waals surface area contributed by atoms with Crippen molar-refractivity contribution in [1.82, 2.24) is 20.2 Å². The molecule has 0 bridgehead atoms. The van der Waals surface area contributed by atoms with Gasteiger partial charge in [0.2, 0.25) is 11.9 Å². The summed E-state index contributed by atoms with van der Waals surface area (Å²) < 4.78 is 4.56. The Bertz CT molecular complexity index is 1360. The molecule has 2 heterocycles. The predicted molar refractivity (Wildman–Crippen MR) is 145 cm³/mol. The minimum Gasteiger partial charge on any atom is -0.468 e. The average molecular weight is 528 g/mol. The van der Waals surface area contributed by atoms with Crippen molar-refractivity contribution in [3.8, 4) is 17.5 Å². The number of nitrogens with zero attached hydrogens (tertiary/aromatic N) is 5. The molecule has 1 aromatic heterocycles. The van der Waals surface area contributed by atoms with Crippen LogP contribution in [0, 0.1) is 17.4 Å². The maximum absolute atomic E-state index is 12.3. The fourth-order valence-electron chi connectivity index (χ4n) is 4.26. The number of hydrogen-bond acceptors (Lipinski definition) is 9. The van der Waals surface area contributed by atoms with Crippen LogP contribution in [0.3, 0.4) is 0 Å². The third kappa shape index (κ3) is 6.87. The number of nitriles is 1. The summed E-state index contributed by atoms with van der Waals surface area (Å²) in [5.41, 5.74) is 3.81. The molecule has 3 aromatic rings. The van der Waals surface area contributed by atoms with Crippen LogP contribution in [0.2, 0.25) is 0 Å². The van der Waals surface area contributed by atoms with Crippen LogP contribution in [-0.4, -0.2) is 66.4 Å². The van der Waals surface area contributed by atoms with Crippen LogP contribution in [0.1, 0.15) is 23.2 Å². The molecule has 1 fully saturated rings. The topological polar surface area (TPSA) is 141 Å². The van der Waals surface area contributed by atoms with Crippen molar-refractivity contribution in [2.75, 3.05) is 44.0 Å². The van der Waals surface area contributed by atoms with E-state index in [1.54, 1.807) is 42.7 Å². The van der Waals surface area contributed by atoms with Gasteiger partial charge in [0.25, 0.3) is 5.91 Å². The number of carbonyl (C=O) groups is 3. The van der Waals surface area contributed by atoms with Crippen molar-refractivity contribution in [1.29, 1.82) is 5.26 Å². The fraction of sp³-hybridized carbons (Fsp3) is 0.286. The van der Waals surface area contributed by atoms with E-state index in [0.717, 1.165) is 34.9 Å². The van der Waals surface area contributed by atoms with Gasteiger partial charge in [0, 0.05) is 54.8 Å². The van der Waals surface area contributed by atoms with Gasteiger partial charge >= 0.3 is 5.97 Å². The van der Waals surface area contributed by atoms with Gasteiger partial charge in [-0.15, -0.1) is 0 Å². The van der Waals surface area contributed by atoms with Gasteiger partial charge in [0.1, 0.15) is 6.54 Å². The lowest BCUT2D eigenvalue weighted by Crippen LogP contribution is -2.42. The number of esters is 1. The van der Waals surface area contributed by atoms with E-state index in [-0.39, 0.29) is 24.3 Å². The Hall–Kier alpha value is -4.98. The van der Waals surface area contributed by atoms with Crippen LogP contribution in [0.15, 0.2) is 60.8 Å². The highest BCUT2D eigenvalue weighted by Gasteiger charge is 2.25. The maximum Gasteiger partial charge on any atom is 0.325 e. The molecule has 1 saturated heterocycles. The zero-order valence-corrected chi connectivity index (χ0v) is 21.8. The van der Waals surface area contributed by atoms with Crippen molar-refractivity contribution in [3.63, 3.8) is 0 Å². The largest absolute Gasteiger partial charge is 0.468 e. The number of ether oxygens (including phenoxy) is 1. The van der Waals surface area contributed by atoms with Crippen LogP contribution < -0.4 is 15.5 Å². The molecular formula is C28H29N7O4. The van der Waals surface area contributed by atoms with Gasteiger partial charge in [-0.05, 0) is 55.3 Å². The highest BCUT2D eigenvalue weighted by atomic mass is 16.5. The standard InChI is InChI=1S/C28H29N7O4/c1-34(18-29)27(38)21-5-3-19(4-6-21)24-11-14-30-28(33-24)32-22-7-9-23(10-8-22)35-15-12-20(13-16-35)26(37)31-17-25(36)39-2/h3-11,14,20H,12-13,15-17H2,1-2H3,(H,31,37)(H,30,32,33). The Morgan fingerprint density at radius 2 is 1.77 bits per heavy atom. The molecule has 0 atom stereocenters. The number of piperidine rings is 1. The molecule has 0 aliphatic carbocycles. The summed E-state index contributed by atoms with van der Waals surface area (Å²) in [6.07, 6.45) is 4.87. The number of benzene rings is 2. The lowest BCUT2D eigenvalue weighted by atomic mass is 9.95. The molecule has 11 heteroatoms. The molecule has 2 N–H and O–H groups in total. The number of aromatic nitrogens is 2. The van der Waals surface area contributed by atoms with E-state index < -0.39 is 5.97 Å². The molecule has 0 saturated carbocycles. The highest BCUT2D eigenvalue weighted by Crippen LogP contribution is 2.26. The van der Waals surface area contributed by atoms with E-state index in [9.17, 15) is 14.4 Å². The van der Waals surface area contributed by atoms with Crippen LogP contribution in [-0.2, 0) is 14.3 Å². The van der Waals surface area contributed by atoms with Crippen molar-refractivity contribution in [2.45, 2.75) is 12.8 Å². The Labute approximate surface area is 226 Å². The van der Waals surface area contributed by atoms with E-state index in [1.807, 2.05) is 24.3 Å². The van der Waals surface area contributed by atoms with E-state index in [2.05, 4.69) is 30.2 Å². The summed E-state index contributed by atoms with van der Waals surface area (Å²) in [5.74, 6) is -0.629. The van der Waals surface area contributed by atoms with Crippen molar-refractivity contribution in [2.24, 2.45) is 5.92 Å². The minimum atomic E-state index is -0.459. The molecule has 2 amide bonds. The average Bonchev–Trinajstić information content (AvgIpc) is 2.99. The number of carbonyl (C=O) groups excluding carboxylic acids is 3. The molecule has 1 aliphatic heterocycles. The van der Waals surface area contributed by atoms with Gasteiger partial charge in [-0.2, -0.15) is 5.26 Å². The second-order valence-corrected chi connectivity index (χ2v) is 9.03. The lowest BCUT2D eigenvalue weighted by molar-refractivity contribution is -0.141. The van der Waals surface area contributed by atoms with Crippen LogP contribution in [0.5, 0.6) is 0 Å². The zero-order chi connectivity index (χ0) is 27.8. The summed E-state index contributed by atoms with van der Waals surface area (Å²) in [6, 6.07) is 16.6. The number of methoxy groups -OCH3 is 1. The monoisotopic (exact) mass is 527 g/mol. The smallest absolute Gasteiger partial charge is 0.325 e. The Kier molecular flexibility index (Phi) is 8.68. The van der Waals surface area contributed by atoms with Gasteiger partial charge in [-0.1, -0.05) is 12.1 Å². The number of rotatable bonds is 8. The van der Waals surface area contributed by atoms with Crippen LogP contribution >= 0.6 is 0 Å². The molecule has 0 spiro atoms. The Morgan fingerprint density at radius 1 is 1.08 bits per heavy atom. The summed E-state index contributed by atoms with van der Waals surface area (Å²) in [4.78, 5) is 47.8. The number of anilines is 3. The maximum atomic E-state index is 12.3.